The van der Waals surface area contributed by atoms with E-state index in [1.165, 1.54) is 14.0 Å². The number of benzene rings is 2. The van der Waals surface area contributed by atoms with E-state index < -0.39 is 0 Å². The summed E-state index contributed by atoms with van der Waals surface area (Å²) >= 11 is 9.37. The first-order chi connectivity index (χ1) is 10.9. The lowest BCUT2D eigenvalue weighted by Gasteiger charge is -2.13. The van der Waals surface area contributed by atoms with Crippen LogP contribution < -0.4 is 15.4 Å². The Morgan fingerprint density at radius 3 is 2.52 bits per heavy atom. The lowest BCUT2D eigenvalue weighted by molar-refractivity contribution is -0.114. The fraction of sp³-hybridized carbons (Fsp3) is 0.125. The molecule has 0 atom stereocenters. The molecule has 0 aliphatic carbocycles. The Morgan fingerprint density at radius 2 is 1.87 bits per heavy atom. The van der Waals surface area contributed by atoms with Crippen LogP contribution in [0.1, 0.15) is 17.3 Å². The summed E-state index contributed by atoms with van der Waals surface area (Å²) in [6.07, 6.45) is 0. The zero-order chi connectivity index (χ0) is 17.0. The number of hydrogen-bond acceptors (Lipinski definition) is 3. The zero-order valence-electron chi connectivity index (χ0n) is 12.4. The van der Waals surface area contributed by atoms with Crippen LogP contribution in [0.25, 0.3) is 0 Å². The number of ether oxygens (including phenoxy) is 1. The smallest absolute Gasteiger partial charge is 0.257 e. The fourth-order valence-electron chi connectivity index (χ4n) is 1.95. The molecule has 0 unspecified atom stereocenters. The van der Waals surface area contributed by atoms with Gasteiger partial charge in [-0.05, 0) is 36.4 Å². The first kappa shape index (κ1) is 17.3. The average molecular weight is 398 g/mol. The molecule has 0 saturated carbocycles. The zero-order valence-corrected chi connectivity index (χ0v) is 14.8. The van der Waals surface area contributed by atoms with Gasteiger partial charge in [-0.3, -0.25) is 9.59 Å². The van der Waals surface area contributed by atoms with Crippen LogP contribution in [0, 0.1) is 0 Å². The molecular weight excluding hydrogens is 384 g/mol. The third kappa shape index (κ3) is 4.46. The monoisotopic (exact) mass is 396 g/mol. The number of rotatable bonds is 4. The van der Waals surface area contributed by atoms with Crippen molar-refractivity contribution < 1.29 is 14.3 Å². The summed E-state index contributed by atoms with van der Waals surface area (Å²) in [5, 5.41) is 5.73. The van der Waals surface area contributed by atoms with Crippen molar-refractivity contribution in [3.63, 3.8) is 0 Å². The molecule has 0 saturated heterocycles. The third-order valence-electron chi connectivity index (χ3n) is 2.94. The molecule has 23 heavy (non-hydrogen) atoms. The standard InChI is InChI=1S/C16H14BrClN2O3/c1-9(21)19-11-4-6-15(23-2)14(8-11)20-16(22)12-7-10(17)3-5-13(12)18/h3-8H,1-2H3,(H,19,21)(H,20,22). The van der Waals surface area contributed by atoms with Crippen molar-refractivity contribution in [3.05, 3.63) is 51.5 Å². The molecule has 0 radical (unpaired) electrons. The summed E-state index contributed by atoms with van der Waals surface area (Å²) in [5.41, 5.74) is 1.31. The van der Waals surface area contributed by atoms with Gasteiger partial charge in [0.25, 0.3) is 5.91 Å². The van der Waals surface area contributed by atoms with Crippen molar-refractivity contribution in [2.75, 3.05) is 17.7 Å². The number of carbonyl (C=O) groups excluding carboxylic acids is 2. The van der Waals surface area contributed by atoms with Gasteiger partial charge in [-0.15, -0.1) is 0 Å². The van der Waals surface area contributed by atoms with E-state index in [0.717, 1.165) is 4.47 Å². The van der Waals surface area contributed by atoms with E-state index in [9.17, 15) is 9.59 Å². The molecule has 7 heteroatoms. The molecule has 2 rings (SSSR count). The Bertz CT molecular complexity index is 765. The molecule has 0 fully saturated rings. The van der Waals surface area contributed by atoms with Gasteiger partial charge in [0.2, 0.25) is 5.91 Å². The maximum atomic E-state index is 12.4. The highest BCUT2D eigenvalue weighted by Gasteiger charge is 2.14. The van der Waals surface area contributed by atoms with Gasteiger partial charge >= 0.3 is 0 Å². The van der Waals surface area contributed by atoms with Gasteiger partial charge in [-0.2, -0.15) is 0 Å². The number of nitrogens with one attached hydrogen (secondary N) is 2. The summed E-state index contributed by atoms with van der Waals surface area (Å²) in [7, 11) is 1.50. The van der Waals surface area contributed by atoms with Gasteiger partial charge < -0.3 is 15.4 Å². The van der Waals surface area contributed by atoms with Gasteiger partial charge in [0, 0.05) is 17.1 Å². The van der Waals surface area contributed by atoms with Crippen LogP contribution >= 0.6 is 27.5 Å². The number of hydrogen-bond donors (Lipinski definition) is 2. The van der Waals surface area contributed by atoms with Crippen LogP contribution in [-0.4, -0.2) is 18.9 Å². The maximum absolute atomic E-state index is 12.4. The molecule has 2 amide bonds. The Balaban J connectivity index is 2.32. The second-order valence-electron chi connectivity index (χ2n) is 4.67. The van der Waals surface area contributed by atoms with Gasteiger partial charge in [-0.1, -0.05) is 27.5 Å². The van der Waals surface area contributed by atoms with Crippen LogP contribution in [0.4, 0.5) is 11.4 Å². The predicted molar refractivity (Wildman–Crippen MR) is 94.4 cm³/mol. The predicted octanol–water partition coefficient (Wildman–Crippen LogP) is 4.32. The van der Waals surface area contributed by atoms with Crippen molar-refractivity contribution >= 4 is 50.7 Å². The number of carbonyl (C=O) groups is 2. The van der Waals surface area contributed by atoms with Crippen LogP contribution in [0.3, 0.4) is 0 Å². The number of amides is 2. The number of methoxy groups -OCH3 is 1. The van der Waals surface area contributed by atoms with E-state index >= 15 is 0 Å². The highest BCUT2D eigenvalue weighted by Crippen LogP contribution is 2.29. The summed E-state index contributed by atoms with van der Waals surface area (Å²) in [4.78, 5) is 23.6. The van der Waals surface area contributed by atoms with E-state index in [1.807, 2.05) is 0 Å². The maximum Gasteiger partial charge on any atom is 0.257 e. The number of anilines is 2. The molecule has 0 spiro atoms. The van der Waals surface area contributed by atoms with Crippen molar-refractivity contribution in [3.8, 4) is 5.75 Å². The lowest BCUT2D eigenvalue weighted by atomic mass is 10.2. The van der Waals surface area contributed by atoms with Gasteiger partial charge in [0.1, 0.15) is 5.75 Å². The van der Waals surface area contributed by atoms with Crippen molar-refractivity contribution in [1.82, 2.24) is 0 Å². The Hall–Kier alpha value is -2.05. The minimum Gasteiger partial charge on any atom is -0.495 e. The van der Waals surface area contributed by atoms with Gasteiger partial charge in [-0.25, -0.2) is 0 Å². The van der Waals surface area contributed by atoms with E-state index in [2.05, 4.69) is 26.6 Å². The lowest BCUT2D eigenvalue weighted by Crippen LogP contribution is -2.14. The van der Waals surface area contributed by atoms with Crippen LogP contribution in [0.15, 0.2) is 40.9 Å². The SMILES string of the molecule is COc1ccc(NC(C)=O)cc1NC(=O)c1cc(Br)ccc1Cl. The molecule has 0 aliphatic rings. The highest BCUT2D eigenvalue weighted by molar-refractivity contribution is 9.10. The summed E-state index contributed by atoms with van der Waals surface area (Å²) < 4.78 is 5.97. The van der Waals surface area contributed by atoms with E-state index in [4.69, 9.17) is 16.3 Å². The first-order valence-electron chi connectivity index (χ1n) is 6.62. The van der Waals surface area contributed by atoms with Crippen LogP contribution in [0.2, 0.25) is 5.02 Å². The molecule has 2 N–H and O–H groups in total. The normalized spacial score (nSPS) is 10.1. The van der Waals surface area contributed by atoms with Crippen molar-refractivity contribution in [1.29, 1.82) is 0 Å². The fourth-order valence-corrected chi connectivity index (χ4v) is 2.51. The van der Waals surface area contributed by atoms with Gasteiger partial charge in [0.05, 0.1) is 23.4 Å². The summed E-state index contributed by atoms with van der Waals surface area (Å²) in [5.74, 6) is -0.115. The summed E-state index contributed by atoms with van der Waals surface area (Å²) in [6, 6.07) is 9.96. The molecule has 120 valence electrons. The van der Waals surface area contributed by atoms with E-state index in [0.29, 0.717) is 27.7 Å². The van der Waals surface area contributed by atoms with Gasteiger partial charge in [0.15, 0.2) is 0 Å². The largest absolute Gasteiger partial charge is 0.495 e. The quantitative estimate of drug-likeness (QED) is 0.807. The average Bonchev–Trinajstić information content (AvgIpc) is 2.49. The minimum absolute atomic E-state index is 0.206. The van der Waals surface area contributed by atoms with Crippen molar-refractivity contribution in [2.24, 2.45) is 0 Å². The third-order valence-corrected chi connectivity index (χ3v) is 3.76. The summed E-state index contributed by atoms with van der Waals surface area (Å²) in [6.45, 7) is 1.41. The molecule has 0 aliphatic heterocycles. The Kier molecular flexibility index (Phi) is 5.63. The molecule has 2 aromatic carbocycles. The molecular formula is C16H14BrClN2O3. The second-order valence-corrected chi connectivity index (χ2v) is 6.00. The van der Waals surface area contributed by atoms with E-state index in [-0.39, 0.29) is 11.8 Å². The number of halogens is 2. The van der Waals surface area contributed by atoms with Crippen molar-refractivity contribution in [2.45, 2.75) is 6.92 Å². The molecule has 0 heterocycles. The highest BCUT2D eigenvalue weighted by atomic mass is 79.9. The topological polar surface area (TPSA) is 67.4 Å². The molecule has 5 nitrogen and oxygen atoms in total. The van der Waals surface area contributed by atoms with Crippen LogP contribution in [0.5, 0.6) is 5.75 Å². The Morgan fingerprint density at radius 1 is 1.13 bits per heavy atom. The molecule has 0 aromatic heterocycles. The minimum atomic E-state index is -0.380. The molecule has 0 bridgehead atoms. The first-order valence-corrected chi connectivity index (χ1v) is 7.80. The second kappa shape index (κ2) is 7.48. The molecule has 2 aromatic rings. The van der Waals surface area contributed by atoms with Crippen LogP contribution in [-0.2, 0) is 4.79 Å². The Labute approximate surface area is 147 Å². The van der Waals surface area contributed by atoms with E-state index in [1.54, 1.807) is 36.4 Å².